The number of hydrogen-bond donors (Lipinski definition) is 2. The molecule has 0 bridgehead atoms. The first-order valence-corrected chi connectivity index (χ1v) is 5.88. The van der Waals surface area contributed by atoms with Crippen molar-refractivity contribution in [3.05, 3.63) is 24.0 Å². The van der Waals surface area contributed by atoms with E-state index in [1.165, 1.54) is 0 Å². The van der Waals surface area contributed by atoms with Crippen LogP contribution in [0.2, 0.25) is 0 Å². The molecular weight excluding hydrogens is 202 g/mol. The standard InChI is InChI=1S/C8H13N3O2S/c1-2-14(12,13)11-7-4-3-5-10-8(7)6-9/h3-5,11H,2,6,9H2,1H3. The zero-order chi connectivity index (χ0) is 10.6. The second-order valence-corrected chi connectivity index (χ2v) is 4.72. The van der Waals surface area contributed by atoms with E-state index in [2.05, 4.69) is 9.71 Å². The Morgan fingerprint density at radius 3 is 2.86 bits per heavy atom. The van der Waals surface area contributed by atoms with Crippen LogP contribution < -0.4 is 10.5 Å². The van der Waals surface area contributed by atoms with Crippen LogP contribution in [-0.4, -0.2) is 19.2 Å². The molecule has 0 saturated heterocycles. The molecular formula is C8H13N3O2S. The van der Waals surface area contributed by atoms with Crippen LogP contribution in [0.25, 0.3) is 0 Å². The topological polar surface area (TPSA) is 85.1 Å². The molecule has 14 heavy (non-hydrogen) atoms. The third-order valence-corrected chi connectivity index (χ3v) is 3.02. The molecule has 1 heterocycles. The van der Waals surface area contributed by atoms with Gasteiger partial charge in [-0.1, -0.05) is 0 Å². The molecule has 0 saturated carbocycles. The van der Waals surface area contributed by atoms with E-state index in [1.54, 1.807) is 25.3 Å². The second kappa shape index (κ2) is 4.39. The van der Waals surface area contributed by atoms with Gasteiger partial charge in [-0.15, -0.1) is 0 Å². The van der Waals surface area contributed by atoms with Gasteiger partial charge in [0.25, 0.3) is 0 Å². The fourth-order valence-corrected chi connectivity index (χ4v) is 1.60. The molecule has 1 aromatic rings. The van der Waals surface area contributed by atoms with Crippen molar-refractivity contribution in [3.63, 3.8) is 0 Å². The maximum Gasteiger partial charge on any atom is 0.232 e. The van der Waals surface area contributed by atoms with Gasteiger partial charge in [-0.2, -0.15) is 0 Å². The van der Waals surface area contributed by atoms with Gasteiger partial charge in [-0.3, -0.25) is 9.71 Å². The Kier molecular flexibility index (Phi) is 3.43. The van der Waals surface area contributed by atoms with Gasteiger partial charge in [0.05, 0.1) is 17.1 Å². The van der Waals surface area contributed by atoms with Crippen molar-refractivity contribution >= 4 is 15.7 Å². The van der Waals surface area contributed by atoms with E-state index >= 15 is 0 Å². The minimum Gasteiger partial charge on any atom is -0.325 e. The van der Waals surface area contributed by atoms with Gasteiger partial charge in [0.15, 0.2) is 0 Å². The van der Waals surface area contributed by atoms with Crippen LogP contribution in [0.15, 0.2) is 18.3 Å². The summed E-state index contributed by atoms with van der Waals surface area (Å²) in [6.07, 6.45) is 1.58. The molecule has 0 aliphatic rings. The Morgan fingerprint density at radius 1 is 1.57 bits per heavy atom. The number of sulfonamides is 1. The summed E-state index contributed by atoms with van der Waals surface area (Å²) < 4.78 is 24.9. The minimum absolute atomic E-state index is 0.0336. The summed E-state index contributed by atoms with van der Waals surface area (Å²) in [6.45, 7) is 1.78. The van der Waals surface area contributed by atoms with Crippen molar-refractivity contribution in [1.82, 2.24) is 4.98 Å². The lowest BCUT2D eigenvalue weighted by molar-refractivity contribution is 0.602. The normalized spacial score (nSPS) is 11.3. The van der Waals surface area contributed by atoms with Crippen LogP contribution in [-0.2, 0) is 16.6 Å². The van der Waals surface area contributed by atoms with Crippen molar-refractivity contribution in [1.29, 1.82) is 0 Å². The second-order valence-electron chi connectivity index (χ2n) is 2.71. The largest absolute Gasteiger partial charge is 0.325 e. The van der Waals surface area contributed by atoms with E-state index in [9.17, 15) is 8.42 Å². The molecule has 0 fully saturated rings. The molecule has 3 N–H and O–H groups in total. The zero-order valence-electron chi connectivity index (χ0n) is 7.90. The zero-order valence-corrected chi connectivity index (χ0v) is 8.71. The van der Waals surface area contributed by atoms with E-state index in [0.29, 0.717) is 11.4 Å². The molecule has 6 heteroatoms. The molecule has 0 spiro atoms. The predicted octanol–water partition coefficient (Wildman–Crippen LogP) is 0.302. The summed E-state index contributed by atoms with van der Waals surface area (Å²) in [5.41, 5.74) is 6.41. The van der Waals surface area contributed by atoms with Crippen LogP contribution in [0.5, 0.6) is 0 Å². The van der Waals surface area contributed by atoms with Crippen LogP contribution in [0, 0.1) is 0 Å². The number of nitrogens with zero attached hydrogens (tertiary/aromatic N) is 1. The highest BCUT2D eigenvalue weighted by Gasteiger charge is 2.09. The van der Waals surface area contributed by atoms with Crippen LogP contribution in [0.4, 0.5) is 5.69 Å². The smallest absolute Gasteiger partial charge is 0.232 e. The van der Waals surface area contributed by atoms with Crippen LogP contribution >= 0.6 is 0 Å². The molecule has 0 amide bonds. The van der Waals surface area contributed by atoms with E-state index in [4.69, 9.17) is 5.73 Å². The van der Waals surface area contributed by atoms with Gasteiger partial charge in [0.2, 0.25) is 10.0 Å². The Hall–Kier alpha value is -1.14. The third-order valence-electron chi connectivity index (χ3n) is 1.73. The Bertz CT molecular complexity index is 403. The molecule has 0 atom stereocenters. The molecule has 1 rings (SSSR count). The summed E-state index contributed by atoms with van der Waals surface area (Å²) in [5.74, 6) is 0.0336. The lowest BCUT2D eigenvalue weighted by atomic mass is 10.3. The van der Waals surface area contributed by atoms with Gasteiger partial charge in [0, 0.05) is 12.7 Å². The van der Waals surface area contributed by atoms with Crippen LogP contribution in [0.3, 0.4) is 0 Å². The quantitative estimate of drug-likeness (QED) is 0.756. The highest BCUT2D eigenvalue weighted by molar-refractivity contribution is 7.92. The van der Waals surface area contributed by atoms with Crippen molar-refractivity contribution in [3.8, 4) is 0 Å². The van der Waals surface area contributed by atoms with E-state index in [1.807, 2.05) is 0 Å². The van der Waals surface area contributed by atoms with Crippen LogP contribution in [0.1, 0.15) is 12.6 Å². The molecule has 0 aliphatic heterocycles. The monoisotopic (exact) mass is 215 g/mol. The number of nitrogens with two attached hydrogens (primary N) is 1. The fourth-order valence-electron chi connectivity index (χ4n) is 0.933. The van der Waals surface area contributed by atoms with E-state index in [0.717, 1.165) is 0 Å². The van der Waals surface area contributed by atoms with Gasteiger partial charge < -0.3 is 5.73 Å². The first-order valence-electron chi connectivity index (χ1n) is 4.23. The number of rotatable bonds is 4. The Labute approximate surface area is 83.4 Å². The molecule has 1 aromatic heterocycles. The lowest BCUT2D eigenvalue weighted by Crippen LogP contribution is -2.17. The van der Waals surface area contributed by atoms with Gasteiger partial charge in [-0.05, 0) is 19.1 Å². The molecule has 5 nitrogen and oxygen atoms in total. The number of nitrogens with one attached hydrogen (secondary N) is 1. The number of pyridine rings is 1. The number of aromatic nitrogens is 1. The summed E-state index contributed by atoms with van der Waals surface area (Å²) in [7, 11) is -3.25. The average Bonchev–Trinajstić information content (AvgIpc) is 2.18. The van der Waals surface area contributed by atoms with Gasteiger partial charge in [0.1, 0.15) is 0 Å². The third kappa shape index (κ3) is 2.68. The van der Waals surface area contributed by atoms with Gasteiger partial charge >= 0.3 is 0 Å². The first kappa shape index (κ1) is 10.9. The molecule has 0 aromatic carbocycles. The maximum atomic E-state index is 11.3. The SMILES string of the molecule is CCS(=O)(=O)Nc1cccnc1CN. The lowest BCUT2D eigenvalue weighted by Gasteiger charge is -2.08. The molecule has 78 valence electrons. The maximum absolute atomic E-state index is 11.3. The molecule has 0 unspecified atom stereocenters. The minimum atomic E-state index is -3.25. The van der Waals surface area contributed by atoms with Crippen molar-refractivity contribution in [2.75, 3.05) is 10.5 Å². The summed E-state index contributed by atoms with van der Waals surface area (Å²) in [6, 6.07) is 3.30. The fraction of sp³-hybridized carbons (Fsp3) is 0.375. The summed E-state index contributed by atoms with van der Waals surface area (Å²) in [4.78, 5) is 3.96. The van der Waals surface area contributed by atoms with E-state index in [-0.39, 0.29) is 12.3 Å². The Balaban J connectivity index is 2.97. The number of anilines is 1. The summed E-state index contributed by atoms with van der Waals surface area (Å²) in [5, 5.41) is 0. The van der Waals surface area contributed by atoms with Crippen molar-refractivity contribution in [2.24, 2.45) is 5.73 Å². The van der Waals surface area contributed by atoms with E-state index < -0.39 is 10.0 Å². The van der Waals surface area contributed by atoms with Crippen molar-refractivity contribution in [2.45, 2.75) is 13.5 Å². The highest BCUT2D eigenvalue weighted by Crippen LogP contribution is 2.12. The first-order chi connectivity index (χ1) is 6.59. The molecule has 0 radical (unpaired) electrons. The predicted molar refractivity (Wildman–Crippen MR) is 55.2 cm³/mol. The number of hydrogen-bond acceptors (Lipinski definition) is 4. The molecule has 0 aliphatic carbocycles. The highest BCUT2D eigenvalue weighted by atomic mass is 32.2. The van der Waals surface area contributed by atoms with Gasteiger partial charge in [-0.25, -0.2) is 8.42 Å². The summed E-state index contributed by atoms with van der Waals surface area (Å²) >= 11 is 0. The average molecular weight is 215 g/mol. The Morgan fingerprint density at radius 2 is 2.29 bits per heavy atom. The van der Waals surface area contributed by atoms with Crippen molar-refractivity contribution < 1.29 is 8.42 Å².